The second-order valence-corrected chi connectivity index (χ2v) is 9.34. The van der Waals surface area contributed by atoms with Crippen molar-refractivity contribution < 1.29 is 33.8 Å². The van der Waals surface area contributed by atoms with E-state index in [9.17, 15) is 24.3 Å². The highest BCUT2D eigenvalue weighted by atomic mass is 16.6. The number of hydrogen-bond acceptors (Lipinski definition) is 8. The van der Waals surface area contributed by atoms with Crippen LogP contribution in [0.4, 0.5) is 4.79 Å². The minimum atomic E-state index is -1.47. The molecule has 10 heteroatoms. The minimum Gasteiger partial charge on any atom is -0.467 e. The van der Waals surface area contributed by atoms with Gasteiger partial charge in [0.15, 0.2) is 6.10 Å². The standard InChI is InChI=1S/C24H35N3O7/c1-15(25-23(32)34-24(2,3)4)20(29)26-21(30)17-12-9-13-27(17)18(19(28)22(31)33-5)14-16-10-7-6-8-11-16/h6-8,10-11,15,17-19,28H,9,12-14H2,1-5H3,(H,25,32)(H,26,29,30)/t15-,17-,18?,19+/m0/s1. The molecule has 0 bridgehead atoms. The number of alkyl carbamates (subject to hydrolysis) is 1. The van der Waals surface area contributed by atoms with Gasteiger partial charge in [0.25, 0.3) is 0 Å². The number of likely N-dealkylation sites (tertiary alicyclic amines) is 1. The Hall–Kier alpha value is -2.98. The first-order valence-electron chi connectivity index (χ1n) is 11.3. The maximum Gasteiger partial charge on any atom is 0.408 e. The lowest BCUT2D eigenvalue weighted by molar-refractivity contribution is -0.155. The van der Waals surface area contributed by atoms with Crippen molar-refractivity contribution in [2.24, 2.45) is 0 Å². The number of nitrogens with one attached hydrogen (secondary N) is 2. The van der Waals surface area contributed by atoms with Crippen LogP contribution >= 0.6 is 0 Å². The topological polar surface area (TPSA) is 134 Å². The molecule has 3 amide bonds. The van der Waals surface area contributed by atoms with Crippen LogP contribution in [0.3, 0.4) is 0 Å². The molecule has 0 spiro atoms. The molecular formula is C24H35N3O7. The Labute approximate surface area is 200 Å². The van der Waals surface area contributed by atoms with Gasteiger partial charge in [0.2, 0.25) is 11.8 Å². The van der Waals surface area contributed by atoms with E-state index in [-0.39, 0.29) is 0 Å². The first-order valence-corrected chi connectivity index (χ1v) is 11.3. The summed E-state index contributed by atoms with van der Waals surface area (Å²) in [6.45, 7) is 7.00. The molecule has 4 atom stereocenters. The van der Waals surface area contributed by atoms with Crippen molar-refractivity contribution in [3.63, 3.8) is 0 Å². The van der Waals surface area contributed by atoms with Gasteiger partial charge >= 0.3 is 12.1 Å². The average molecular weight is 478 g/mol. The molecule has 0 aliphatic carbocycles. The molecule has 0 aromatic heterocycles. The van der Waals surface area contributed by atoms with Gasteiger partial charge in [0.05, 0.1) is 19.2 Å². The third kappa shape index (κ3) is 7.81. The molecule has 3 N–H and O–H groups in total. The number of nitrogens with zero attached hydrogens (tertiary/aromatic N) is 1. The van der Waals surface area contributed by atoms with Gasteiger partial charge in [-0.05, 0) is 59.1 Å². The number of benzene rings is 1. The summed E-state index contributed by atoms with van der Waals surface area (Å²) in [6.07, 6.45) is -0.828. The summed E-state index contributed by atoms with van der Waals surface area (Å²) >= 11 is 0. The summed E-state index contributed by atoms with van der Waals surface area (Å²) in [5, 5.41) is 15.4. The predicted octanol–water partition coefficient (Wildman–Crippen LogP) is 1.15. The number of aliphatic hydroxyl groups excluding tert-OH is 1. The van der Waals surface area contributed by atoms with E-state index in [4.69, 9.17) is 9.47 Å². The highest BCUT2D eigenvalue weighted by Gasteiger charge is 2.41. The van der Waals surface area contributed by atoms with Gasteiger partial charge in [0, 0.05) is 0 Å². The second kappa shape index (κ2) is 11.9. The zero-order valence-corrected chi connectivity index (χ0v) is 20.4. The minimum absolute atomic E-state index is 0.311. The van der Waals surface area contributed by atoms with Crippen LogP contribution in [0.1, 0.15) is 46.1 Å². The molecule has 188 valence electrons. The fourth-order valence-electron chi connectivity index (χ4n) is 3.87. The van der Waals surface area contributed by atoms with E-state index in [2.05, 4.69) is 10.6 Å². The van der Waals surface area contributed by atoms with Crippen molar-refractivity contribution in [2.75, 3.05) is 13.7 Å². The highest BCUT2D eigenvalue weighted by Crippen LogP contribution is 2.25. The molecule has 1 aliphatic heterocycles. The van der Waals surface area contributed by atoms with Crippen molar-refractivity contribution in [1.82, 2.24) is 15.5 Å². The molecule has 1 aliphatic rings. The number of methoxy groups -OCH3 is 1. The van der Waals surface area contributed by atoms with Crippen LogP contribution in [0.25, 0.3) is 0 Å². The van der Waals surface area contributed by atoms with Crippen LogP contribution in [0.15, 0.2) is 30.3 Å². The van der Waals surface area contributed by atoms with E-state index in [0.29, 0.717) is 25.8 Å². The third-order valence-electron chi connectivity index (χ3n) is 5.49. The molecule has 1 fully saturated rings. The zero-order chi connectivity index (χ0) is 25.5. The van der Waals surface area contributed by atoms with Gasteiger partial charge in [-0.25, -0.2) is 9.59 Å². The van der Waals surface area contributed by atoms with Gasteiger partial charge in [-0.2, -0.15) is 0 Å². The van der Waals surface area contributed by atoms with E-state index in [0.717, 1.165) is 5.56 Å². The quantitative estimate of drug-likeness (QED) is 0.475. The third-order valence-corrected chi connectivity index (χ3v) is 5.49. The Morgan fingerprint density at radius 1 is 1.18 bits per heavy atom. The number of carbonyl (C=O) groups excluding carboxylic acids is 4. The van der Waals surface area contributed by atoms with Crippen molar-refractivity contribution in [3.8, 4) is 0 Å². The Bertz CT molecular complexity index is 869. The summed E-state index contributed by atoms with van der Waals surface area (Å²) in [4.78, 5) is 51.3. The molecule has 1 unspecified atom stereocenters. The molecule has 2 rings (SSSR count). The summed E-state index contributed by atoms with van der Waals surface area (Å²) in [5.74, 6) is -2.04. The molecule has 1 saturated heterocycles. The lowest BCUT2D eigenvalue weighted by Crippen LogP contribution is -2.56. The molecule has 1 heterocycles. The Morgan fingerprint density at radius 3 is 2.41 bits per heavy atom. The van der Waals surface area contributed by atoms with Crippen LogP contribution in [0.2, 0.25) is 0 Å². The van der Waals surface area contributed by atoms with Crippen LogP contribution in [0, 0.1) is 0 Å². The van der Waals surface area contributed by atoms with Gasteiger partial charge in [-0.3, -0.25) is 19.8 Å². The monoisotopic (exact) mass is 477 g/mol. The van der Waals surface area contributed by atoms with E-state index in [1.165, 1.54) is 14.0 Å². The largest absolute Gasteiger partial charge is 0.467 e. The average Bonchev–Trinajstić information content (AvgIpc) is 3.25. The molecule has 10 nitrogen and oxygen atoms in total. The van der Waals surface area contributed by atoms with Crippen LogP contribution in [-0.4, -0.2) is 77.4 Å². The van der Waals surface area contributed by atoms with Crippen LogP contribution in [-0.2, 0) is 30.3 Å². The van der Waals surface area contributed by atoms with Crippen LogP contribution in [0.5, 0.6) is 0 Å². The Morgan fingerprint density at radius 2 is 1.82 bits per heavy atom. The fourth-order valence-corrected chi connectivity index (χ4v) is 3.87. The summed E-state index contributed by atoms with van der Waals surface area (Å²) in [6, 6.07) is 6.84. The van der Waals surface area contributed by atoms with Gasteiger partial charge in [-0.15, -0.1) is 0 Å². The molecular weight excluding hydrogens is 442 g/mol. The van der Waals surface area contributed by atoms with E-state index < -0.39 is 53.7 Å². The molecule has 34 heavy (non-hydrogen) atoms. The Balaban J connectivity index is 2.10. The zero-order valence-electron chi connectivity index (χ0n) is 20.4. The summed E-state index contributed by atoms with van der Waals surface area (Å²) < 4.78 is 9.86. The Kier molecular flexibility index (Phi) is 9.57. The first-order chi connectivity index (χ1) is 15.9. The number of esters is 1. The van der Waals surface area contributed by atoms with E-state index in [1.807, 2.05) is 30.3 Å². The van der Waals surface area contributed by atoms with Gasteiger partial charge < -0.3 is 19.9 Å². The first kappa shape index (κ1) is 27.3. The van der Waals surface area contributed by atoms with Gasteiger partial charge in [0.1, 0.15) is 11.6 Å². The SMILES string of the molecule is COC(=O)[C@H](O)C(Cc1ccccc1)N1CCC[C@H]1C(=O)NC(=O)[C@H](C)NC(=O)OC(C)(C)C. The van der Waals surface area contributed by atoms with Crippen molar-refractivity contribution in [2.45, 2.75) is 76.8 Å². The lowest BCUT2D eigenvalue weighted by atomic mass is 9.98. The number of rotatable bonds is 8. The lowest BCUT2D eigenvalue weighted by Gasteiger charge is -2.34. The number of amides is 3. The number of hydrogen-bond donors (Lipinski definition) is 3. The predicted molar refractivity (Wildman–Crippen MR) is 124 cm³/mol. The van der Waals surface area contributed by atoms with Crippen LogP contribution < -0.4 is 10.6 Å². The molecule has 0 radical (unpaired) electrons. The maximum atomic E-state index is 13.0. The van der Waals surface area contributed by atoms with Crippen molar-refractivity contribution in [1.29, 1.82) is 0 Å². The van der Waals surface area contributed by atoms with E-state index >= 15 is 0 Å². The number of carbonyl (C=O) groups is 4. The maximum absolute atomic E-state index is 13.0. The second-order valence-electron chi connectivity index (χ2n) is 9.34. The van der Waals surface area contributed by atoms with E-state index in [1.54, 1.807) is 25.7 Å². The fraction of sp³-hybridized carbons (Fsp3) is 0.583. The number of ether oxygens (including phenoxy) is 2. The molecule has 1 aromatic rings. The summed E-state index contributed by atoms with van der Waals surface area (Å²) in [5.41, 5.74) is 0.155. The smallest absolute Gasteiger partial charge is 0.408 e. The summed E-state index contributed by atoms with van der Waals surface area (Å²) in [7, 11) is 1.19. The van der Waals surface area contributed by atoms with Gasteiger partial charge in [-0.1, -0.05) is 30.3 Å². The molecule has 0 saturated carbocycles. The number of aliphatic hydroxyl groups is 1. The molecule has 1 aromatic carbocycles. The van der Waals surface area contributed by atoms with Crippen molar-refractivity contribution in [3.05, 3.63) is 35.9 Å². The number of imide groups is 1. The highest BCUT2D eigenvalue weighted by molar-refractivity contribution is 6.00. The normalized spacial score (nSPS) is 18.9. The van der Waals surface area contributed by atoms with Crippen molar-refractivity contribution >= 4 is 23.9 Å².